The molecular formula is C51H63F3N8O7. The van der Waals surface area contributed by atoms with Crippen LogP contribution in [0.15, 0.2) is 61.3 Å². The number of hydrogen-bond acceptors (Lipinski definition) is 10. The van der Waals surface area contributed by atoms with Crippen molar-refractivity contribution in [3.63, 3.8) is 0 Å². The molecule has 0 radical (unpaired) electrons. The number of fused-ring (bicyclic) bond motifs is 6. The number of likely N-dealkylation sites (N-methyl/N-ethyl adjacent to an activating group) is 1. The monoisotopic (exact) mass is 956 g/mol. The molecule has 4 amide bonds. The molecule has 69 heavy (non-hydrogen) atoms. The van der Waals surface area contributed by atoms with E-state index in [0.717, 1.165) is 44.4 Å². The number of carbonyl (C=O) groups is 5. The number of halogens is 3. The van der Waals surface area contributed by atoms with Crippen LogP contribution in [0.2, 0.25) is 0 Å². The lowest BCUT2D eigenvalue weighted by Gasteiger charge is -2.37. The first-order chi connectivity index (χ1) is 32.7. The molecule has 2 fully saturated rings. The van der Waals surface area contributed by atoms with Crippen LogP contribution in [-0.2, 0) is 52.8 Å². The zero-order valence-corrected chi connectivity index (χ0v) is 40.6. The first kappa shape index (κ1) is 50.7. The maximum Gasteiger partial charge on any atom is 0.324 e. The Labute approximate surface area is 400 Å². The van der Waals surface area contributed by atoms with Gasteiger partial charge in [0.2, 0.25) is 17.5 Å². The number of ether oxygens (including phenoxy) is 2. The summed E-state index contributed by atoms with van der Waals surface area (Å²) in [5.74, 6) is -4.25. The van der Waals surface area contributed by atoms with Crippen molar-refractivity contribution < 1.29 is 46.6 Å². The molecular weight excluding hydrogens is 894 g/mol. The minimum atomic E-state index is -2.94. The van der Waals surface area contributed by atoms with E-state index >= 15 is 4.39 Å². The number of likely N-dealkylation sites (tertiary alicyclic amines) is 1. The third kappa shape index (κ3) is 10.4. The summed E-state index contributed by atoms with van der Waals surface area (Å²) in [4.78, 5) is 81.1. The smallest absolute Gasteiger partial charge is 0.324 e. The minimum absolute atomic E-state index is 0.00980. The van der Waals surface area contributed by atoms with Crippen molar-refractivity contribution in [2.45, 2.75) is 117 Å². The quantitative estimate of drug-likeness (QED) is 0.122. The van der Waals surface area contributed by atoms with Gasteiger partial charge in [-0.05, 0) is 87.1 Å². The highest BCUT2D eigenvalue weighted by atomic mass is 19.3. The minimum Gasteiger partial charge on any atom is -0.464 e. The Morgan fingerprint density at radius 3 is 2.55 bits per heavy atom. The SMILES string of the molecule is C=CC(=O)N1CC[C@](F)(C(=O)N(C)[C@H](C(=O)N[C@H]2Cc3cc(C(F)F)cc(n3)-c3ccc4c(c3)c(c(-c3cccnc3[C@H](C)OC)n4CC)CC(C)(C)COC(=O)[C@@H]3CCCN(N3)C2=O)C(C)C)C1. The largest absolute Gasteiger partial charge is 0.464 e. The number of aryl methyl sites for hydroxylation is 1. The van der Waals surface area contributed by atoms with E-state index in [1.54, 1.807) is 27.2 Å². The summed E-state index contributed by atoms with van der Waals surface area (Å²) in [6.45, 7) is 14.9. The molecule has 3 aromatic heterocycles. The second-order valence-corrected chi connectivity index (χ2v) is 19.5. The van der Waals surface area contributed by atoms with Crippen molar-refractivity contribution in [2.75, 3.05) is 40.4 Å². The molecule has 6 bridgehead atoms. The van der Waals surface area contributed by atoms with Crippen molar-refractivity contribution in [1.29, 1.82) is 0 Å². The van der Waals surface area contributed by atoms with Gasteiger partial charge in [-0.25, -0.2) is 18.6 Å². The van der Waals surface area contributed by atoms with Crippen LogP contribution < -0.4 is 10.7 Å². The highest BCUT2D eigenvalue weighted by Gasteiger charge is 2.50. The fourth-order valence-corrected chi connectivity index (χ4v) is 9.94. The van der Waals surface area contributed by atoms with Gasteiger partial charge >= 0.3 is 5.97 Å². The van der Waals surface area contributed by atoms with E-state index in [-0.39, 0.29) is 55.6 Å². The fourth-order valence-electron chi connectivity index (χ4n) is 9.94. The van der Waals surface area contributed by atoms with Gasteiger partial charge in [-0.15, -0.1) is 0 Å². The molecule has 4 aromatic rings. The number of hydrogen-bond donors (Lipinski definition) is 2. The van der Waals surface area contributed by atoms with Gasteiger partial charge in [-0.3, -0.25) is 38.9 Å². The van der Waals surface area contributed by atoms with E-state index in [0.29, 0.717) is 31.4 Å². The number of rotatable bonds is 11. The van der Waals surface area contributed by atoms with Crippen LogP contribution in [0, 0.1) is 11.3 Å². The summed E-state index contributed by atoms with van der Waals surface area (Å²) >= 11 is 0. The zero-order valence-electron chi connectivity index (χ0n) is 40.6. The summed E-state index contributed by atoms with van der Waals surface area (Å²) < 4.78 is 60.3. The van der Waals surface area contributed by atoms with E-state index in [2.05, 4.69) is 21.9 Å². The Balaban J connectivity index is 1.35. The van der Waals surface area contributed by atoms with Gasteiger partial charge in [-0.2, -0.15) is 0 Å². The third-order valence-electron chi connectivity index (χ3n) is 13.5. The summed E-state index contributed by atoms with van der Waals surface area (Å²) in [5.41, 5.74) is 4.55. The number of esters is 1. The number of methoxy groups -OCH3 is 1. The van der Waals surface area contributed by atoms with Gasteiger partial charge in [0, 0.05) is 91.5 Å². The van der Waals surface area contributed by atoms with Gasteiger partial charge < -0.3 is 29.2 Å². The normalized spacial score (nSPS) is 21.8. The highest BCUT2D eigenvalue weighted by molar-refractivity contribution is 5.97. The van der Waals surface area contributed by atoms with Gasteiger partial charge in [0.25, 0.3) is 18.2 Å². The zero-order chi connectivity index (χ0) is 50.1. The molecule has 1 aromatic carbocycles. The average Bonchev–Trinajstić information content (AvgIpc) is 3.88. The molecule has 370 valence electrons. The van der Waals surface area contributed by atoms with Crippen molar-refractivity contribution >= 4 is 40.5 Å². The average molecular weight is 957 g/mol. The molecule has 2 N–H and O–H groups in total. The van der Waals surface area contributed by atoms with Crippen molar-refractivity contribution in [3.05, 3.63) is 83.8 Å². The summed E-state index contributed by atoms with van der Waals surface area (Å²) in [7, 11) is 2.91. The first-order valence-corrected chi connectivity index (χ1v) is 23.5. The summed E-state index contributed by atoms with van der Waals surface area (Å²) in [6.07, 6.45) is -0.0616. The lowest BCUT2D eigenvalue weighted by atomic mass is 9.84. The molecule has 3 aliphatic heterocycles. The maximum absolute atomic E-state index is 16.3. The number of hydrazine groups is 1. The summed E-state index contributed by atoms with van der Waals surface area (Å²) in [5, 5.41) is 4.82. The molecule has 15 nitrogen and oxygen atoms in total. The molecule has 18 heteroatoms. The van der Waals surface area contributed by atoms with Crippen molar-refractivity contribution in [1.82, 2.24) is 40.1 Å². The van der Waals surface area contributed by atoms with Crippen LogP contribution in [0.3, 0.4) is 0 Å². The lowest BCUT2D eigenvalue weighted by molar-refractivity contribution is -0.155. The van der Waals surface area contributed by atoms with Crippen molar-refractivity contribution in [3.8, 4) is 22.5 Å². The van der Waals surface area contributed by atoms with Crippen LogP contribution in [0.1, 0.15) is 95.8 Å². The van der Waals surface area contributed by atoms with E-state index in [9.17, 15) is 32.8 Å². The van der Waals surface area contributed by atoms with E-state index < -0.39 is 77.7 Å². The molecule has 0 saturated carbocycles. The van der Waals surface area contributed by atoms with Gasteiger partial charge in [-0.1, -0.05) is 40.3 Å². The van der Waals surface area contributed by atoms with E-state index in [1.165, 1.54) is 29.1 Å². The van der Waals surface area contributed by atoms with Gasteiger partial charge in [0.15, 0.2) is 0 Å². The Kier molecular flexibility index (Phi) is 15.0. The van der Waals surface area contributed by atoms with Crippen molar-refractivity contribution in [2.24, 2.45) is 11.3 Å². The van der Waals surface area contributed by atoms with Crippen LogP contribution >= 0.6 is 0 Å². The molecule has 5 atom stereocenters. The maximum atomic E-state index is 16.3. The Bertz CT molecular complexity index is 2640. The van der Waals surface area contributed by atoms with Crippen LogP contribution in [0.4, 0.5) is 13.2 Å². The number of cyclic esters (lactones) is 1. The number of nitrogens with one attached hydrogen (secondary N) is 2. The number of carbonyl (C=O) groups excluding carboxylic acids is 5. The lowest BCUT2D eigenvalue weighted by Crippen LogP contribution is -2.62. The van der Waals surface area contributed by atoms with Crippen LogP contribution in [-0.4, -0.2) is 123 Å². The number of nitrogens with zero attached hydrogens (tertiary/aromatic N) is 6. The number of alkyl halides is 3. The fraction of sp³-hybridized carbons (Fsp3) is 0.510. The molecule has 2 saturated heterocycles. The third-order valence-corrected chi connectivity index (χ3v) is 13.5. The molecule has 3 aliphatic rings. The molecule has 0 aliphatic carbocycles. The molecule has 7 rings (SSSR count). The number of aromatic nitrogens is 3. The Morgan fingerprint density at radius 1 is 1.12 bits per heavy atom. The second kappa shape index (κ2) is 20.4. The Hall–Kier alpha value is -6.14. The standard InChI is InChI=1S/C51H63F3N8O7/c1-10-41(63)60-21-18-51(54,27-60)49(67)59(8)43(29(3)4)46(64)57-39-25-33-22-32(45(52)53)24-38(56-33)31-16-17-40-35(23-31)36(44(61(40)11-2)34-14-12-19-55-42(34)30(5)68-9)26-50(6,7)28-69-48(66)37-15-13-20-62(58-37)47(39)65/h10,12,14,16-17,19,22-24,29-30,37,39,43,45,58H,1,11,13,15,18,20-21,25-28H2,2-9H3,(H,57,64)/t30-,37-,39-,43-,51+/m0/s1. The number of pyridine rings is 2. The number of amides is 4. The topological polar surface area (TPSA) is 168 Å². The highest BCUT2D eigenvalue weighted by Crippen LogP contribution is 2.42. The molecule has 0 unspecified atom stereocenters. The predicted octanol–water partition coefficient (Wildman–Crippen LogP) is 6.69. The first-order valence-electron chi connectivity index (χ1n) is 23.5. The molecule has 0 spiro atoms. The predicted molar refractivity (Wildman–Crippen MR) is 253 cm³/mol. The number of benzene rings is 1. The van der Waals surface area contributed by atoms with Crippen LogP contribution in [0.25, 0.3) is 33.4 Å². The van der Waals surface area contributed by atoms with Crippen LogP contribution in [0.5, 0.6) is 0 Å². The van der Waals surface area contributed by atoms with Gasteiger partial charge in [0.05, 0.1) is 36.3 Å². The Morgan fingerprint density at radius 2 is 1.87 bits per heavy atom. The molecule has 6 heterocycles. The van der Waals surface area contributed by atoms with E-state index in [1.807, 2.05) is 58.0 Å². The summed E-state index contributed by atoms with van der Waals surface area (Å²) in [6, 6.07) is 8.31. The van der Waals surface area contributed by atoms with Gasteiger partial charge in [0.1, 0.15) is 18.1 Å². The second-order valence-electron chi connectivity index (χ2n) is 19.5. The van der Waals surface area contributed by atoms with E-state index in [4.69, 9.17) is 19.4 Å².